The van der Waals surface area contributed by atoms with Crippen molar-refractivity contribution in [2.45, 2.75) is 6.17 Å². The van der Waals surface area contributed by atoms with Crippen LogP contribution in [0.15, 0.2) is 29.3 Å². The molecular weight excluding hydrogens is 242 g/mol. The summed E-state index contributed by atoms with van der Waals surface area (Å²) in [6.45, 7) is 0. The molecule has 0 saturated heterocycles. The lowest BCUT2D eigenvalue weighted by atomic mass is 10.1. The van der Waals surface area contributed by atoms with Gasteiger partial charge < -0.3 is 0 Å². The largest absolute Gasteiger partial charge is 0.290 e. The monoisotopic (exact) mass is 251 g/mol. The van der Waals surface area contributed by atoms with Gasteiger partial charge in [-0.2, -0.15) is 0 Å². The minimum atomic E-state index is -0.993. The van der Waals surface area contributed by atoms with Gasteiger partial charge in [-0.15, -0.1) is 0 Å². The van der Waals surface area contributed by atoms with Crippen LogP contribution in [0.4, 0.5) is 5.69 Å². The van der Waals surface area contributed by atoms with Crippen molar-refractivity contribution in [3.63, 3.8) is 0 Å². The first kappa shape index (κ1) is 12.0. The Morgan fingerprint density at radius 1 is 1.56 bits per heavy atom. The van der Waals surface area contributed by atoms with E-state index in [4.69, 9.17) is 10.6 Å². The number of nitrogens with zero attached hydrogens (tertiary/aromatic N) is 3. The third-order valence-corrected chi connectivity index (χ3v) is 2.42. The highest BCUT2D eigenvalue weighted by Gasteiger charge is 2.32. The number of nitro groups is 1. The van der Waals surface area contributed by atoms with Gasteiger partial charge in [-0.1, -0.05) is 12.1 Å². The van der Waals surface area contributed by atoms with Gasteiger partial charge in [-0.05, 0) is 0 Å². The van der Waals surface area contributed by atoms with Gasteiger partial charge in [0.1, 0.15) is 0 Å². The molecule has 0 spiro atoms. The molecule has 9 heteroatoms. The number of hydrogen-bond donors (Lipinski definition) is 4. The summed E-state index contributed by atoms with van der Waals surface area (Å²) >= 11 is 0. The smallest absolute Gasteiger partial charge is 0.269 e. The number of amidine groups is 2. The standard InChI is InChI=1S/C9H9N5O4/c10-7-8(12-15)11-9(13(7)16)5-2-1-3-6(4-5)14(17)18/h1-4,9-10,15-16H,(H,11,12). The van der Waals surface area contributed by atoms with Crippen molar-refractivity contribution in [3.05, 3.63) is 39.9 Å². The number of benzene rings is 1. The van der Waals surface area contributed by atoms with E-state index in [1.165, 1.54) is 24.3 Å². The molecule has 4 N–H and O–H groups in total. The first-order valence-corrected chi connectivity index (χ1v) is 4.84. The van der Waals surface area contributed by atoms with E-state index in [0.29, 0.717) is 10.6 Å². The SMILES string of the molecule is N=C1C(NO)=NC(c2cccc([N+](=O)[O-])c2)N1O. The zero-order valence-corrected chi connectivity index (χ0v) is 8.94. The number of hydrogen-bond acceptors (Lipinski definition) is 7. The van der Waals surface area contributed by atoms with Crippen molar-refractivity contribution in [1.29, 1.82) is 5.41 Å². The van der Waals surface area contributed by atoms with E-state index in [1.54, 1.807) is 5.48 Å². The van der Waals surface area contributed by atoms with Crippen LogP contribution in [0.1, 0.15) is 11.7 Å². The molecule has 0 aliphatic carbocycles. The molecule has 0 amide bonds. The molecule has 18 heavy (non-hydrogen) atoms. The van der Waals surface area contributed by atoms with Crippen LogP contribution >= 0.6 is 0 Å². The van der Waals surface area contributed by atoms with Crippen LogP contribution in [0.2, 0.25) is 0 Å². The fourth-order valence-electron chi connectivity index (χ4n) is 1.57. The Morgan fingerprint density at radius 3 is 2.83 bits per heavy atom. The Morgan fingerprint density at radius 2 is 2.28 bits per heavy atom. The molecule has 0 radical (unpaired) electrons. The minimum Gasteiger partial charge on any atom is -0.290 e. The fraction of sp³-hybridized carbons (Fsp3) is 0.111. The van der Waals surface area contributed by atoms with Crippen LogP contribution in [-0.4, -0.2) is 32.1 Å². The molecule has 1 aromatic rings. The normalized spacial score (nSPS) is 18.8. The van der Waals surface area contributed by atoms with Crippen molar-refractivity contribution >= 4 is 17.4 Å². The summed E-state index contributed by atoms with van der Waals surface area (Å²) in [5, 5.41) is 36.9. The lowest BCUT2D eigenvalue weighted by Crippen LogP contribution is -2.33. The summed E-state index contributed by atoms with van der Waals surface area (Å²) in [6, 6.07) is 5.52. The summed E-state index contributed by atoms with van der Waals surface area (Å²) in [5.41, 5.74) is 1.86. The van der Waals surface area contributed by atoms with Crippen LogP contribution in [0.5, 0.6) is 0 Å². The highest BCUT2D eigenvalue weighted by molar-refractivity contribution is 6.39. The summed E-state index contributed by atoms with van der Waals surface area (Å²) in [7, 11) is 0. The van der Waals surface area contributed by atoms with Crippen LogP contribution in [-0.2, 0) is 0 Å². The molecule has 94 valence electrons. The van der Waals surface area contributed by atoms with E-state index in [2.05, 4.69) is 4.99 Å². The number of nitrogens with one attached hydrogen (secondary N) is 2. The van der Waals surface area contributed by atoms with E-state index in [0.717, 1.165) is 0 Å². The molecule has 0 fully saturated rings. The number of nitro benzene ring substituents is 1. The van der Waals surface area contributed by atoms with Crippen LogP contribution in [0, 0.1) is 15.5 Å². The molecule has 9 nitrogen and oxygen atoms in total. The van der Waals surface area contributed by atoms with Gasteiger partial charge >= 0.3 is 0 Å². The fourth-order valence-corrected chi connectivity index (χ4v) is 1.57. The van der Waals surface area contributed by atoms with Crippen molar-refractivity contribution in [2.75, 3.05) is 0 Å². The quantitative estimate of drug-likeness (QED) is 0.450. The highest BCUT2D eigenvalue weighted by atomic mass is 16.6. The van der Waals surface area contributed by atoms with Gasteiger partial charge in [0, 0.05) is 17.7 Å². The molecular formula is C9H9N5O4. The molecule has 1 aromatic carbocycles. The first-order valence-electron chi connectivity index (χ1n) is 4.84. The number of non-ortho nitro benzene ring substituents is 1. The molecule has 1 atom stereocenters. The Bertz CT molecular complexity index is 544. The number of aliphatic imine (C=N–C) groups is 1. The average Bonchev–Trinajstić information content (AvgIpc) is 2.66. The third kappa shape index (κ3) is 1.87. The lowest BCUT2D eigenvalue weighted by Gasteiger charge is -2.16. The van der Waals surface area contributed by atoms with Gasteiger partial charge in [0.2, 0.25) is 0 Å². The predicted octanol–water partition coefficient (Wildman–Crippen LogP) is 0.653. The second-order valence-corrected chi connectivity index (χ2v) is 3.51. The number of hydroxylamine groups is 3. The van der Waals surface area contributed by atoms with Crippen molar-refractivity contribution in [3.8, 4) is 0 Å². The van der Waals surface area contributed by atoms with Gasteiger partial charge in [0.15, 0.2) is 17.8 Å². The summed E-state index contributed by atoms with van der Waals surface area (Å²) in [5.74, 6) is -0.636. The van der Waals surface area contributed by atoms with E-state index in [1.807, 2.05) is 0 Å². The Balaban J connectivity index is 2.38. The molecule has 0 saturated carbocycles. The molecule has 1 heterocycles. The average molecular weight is 251 g/mol. The maximum atomic E-state index is 10.6. The predicted molar refractivity (Wildman–Crippen MR) is 59.5 cm³/mol. The van der Waals surface area contributed by atoms with Gasteiger partial charge in [0.25, 0.3) is 5.69 Å². The molecule has 1 aliphatic rings. The van der Waals surface area contributed by atoms with Crippen LogP contribution < -0.4 is 5.48 Å². The van der Waals surface area contributed by atoms with Crippen LogP contribution in [0.3, 0.4) is 0 Å². The van der Waals surface area contributed by atoms with Gasteiger partial charge in [-0.25, -0.2) is 15.5 Å². The third-order valence-electron chi connectivity index (χ3n) is 2.42. The molecule has 1 aliphatic heterocycles. The topological polar surface area (TPSA) is 135 Å². The summed E-state index contributed by atoms with van der Waals surface area (Å²) in [6.07, 6.45) is -0.993. The highest BCUT2D eigenvalue weighted by Crippen LogP contribution is 2.28. The van der Waals surface area contributed by atoms with Crippen molar-refractivity contribution in [1.82, 2.24) is 10.5 Å². The summed E-state index contributed by atoms with van der Waals surface area (Å²) < 4.78 is 0. The molecule has 0 aromatic heterocycles. The van der Waals surface area contributed by atoms with E-state index < -0.39 is 16.9 Å². The lowest BCUT2D eigenvalue weighted by molar-refractivity contribution is -0.385. The molecule has 0 bridgehead atoms. The maximum absolute atomic E-state index is 10.6. The molecule has 2 rings (SSSR count). The van der Waals surface area contributed by atoms with Crippen molar-refractivity contribution < 1.29 is 15.3 Å². The van der Waals surface area contributed by atoms with E-state index >= 15 is 0 Å². The second kappa shape index (κ2) is 4.39. The Labute approximate surface area is 101 Å². The summed E-state index contributed by atoms with van der Waals surface area (Å²) in [4.78, 5) is 13.9. The first-order chi connectivity index (χ1) is 8.54. The minimum absolute atomic E-state index is 0.145. The van der Waals surface area contributed by atoms with Gasteiger partial charge in [0.05, 0.1) is 4.92 Å². The van der Waals surface area contributed by atoms with Gasteiger partial charge in [-0.3, -0.25) is 25.9 Å². The van der Waals surface area contributed by atoms with E-state index in [9.17, 15) is 15.3 Å². The molecule has 1 unspecified atom stereocenters. The van der Waals surface area contributed by atoms with Crippen LogP contribution in [0.25, 0.3) is 0 Å². The number of rotatable bonds is 2. The van der Waals surface area contributed by atoms with Crippen molar-refractivity contribution in [2.24, 2.45) is 4.99 Å². The Hall–Kier alpha value is -2.52. The Kier molecular flexibility index (Phi) is 2.92. The zero-order chi connectivity index (χ0) is 13.3. The zero-order valence-electron chi connectivity index (χ0n) is 8.94. The maximum Gasteiger partial charge on any atom is 0.269 e. The van der Waals surface area contributed by atoms with E-state index in [-0.39, 0.29) is 11.5 Å². The second-order valence-electron chi connectivity index (χ2n) is 3.51.